The zero-order chi connectivity index (χ0) is 16.0. The van der Waals surface area contributed by atoms with Crippen LogP contribution in [-0.2, 0) is 6.54 Å². The molecular formula is C17H11NO4S. The van der Waals surface area contributed by atoms with Crippen molar-refractivity contribution in [3.63, 3.8) is 0 Å². The molecule has 1 aliphatic heterocycles. The second kappa shape index (κ2) is 5.10. The molecule has 1 N–H and O–H groups in total. The monoisotopic (exact) mass is 325 g/mol. The zero-order valence-corrected chi connectivity index (χ0v) is 12.7. The van der Waals surface area contributed by atoms with Crippen molar-refractivity contribution < 1.29 is 14.6 Å². The zero-order valence-electron chi connectivity index (χ0n) is 11.9. The highest BCUT2D eigenvalue weighted by atomic mass is 32.1. The third-order valence-electron chi connectivity index (χ3n) is 3.83. The molecule has 0 atom stereocenters. The van der Waals surface area contributed by atoms with E-state index in [2.05, 4.69) is 0 Å². The van der Waals surface area contributed by atoms with Crippen molar-refractivity contribution in [2.75, 3.05) is 0 Å². The molecule has 23 heavy (non-hydrogen) atoms. The maximum absolute atomic E-state index is 12.8. The van der Waals surface area contributed by atoms with Gasteiger partial charge in [-0.15, -0.1) is 11.3 Å². The fourth-order valence-electron chi connectivity index (χ4n) is 2.86. The van der Waals surface area contributed by atoms with Gasteiger partial charge in [0.2, 0.25) is 0 Å². The van der Waals surface area contributed by atoms with Crippen LogP contribution >= 0.6 is 11.3 Å². The number of aromatic nitrogens is 1. The molecule has 0 unspecified atom stereocenters. The molecule has 5 nitrogen and oxygen atoms in total. The highest BCUT2D eigenvalue weighted by Crippen LogP contribution is 2.42. The molecule has 0 saturated carbocycles. The van der Waals surface area contributed by atoms with E-state index in [-0.39, 0.29) is 11.3 Å². The second-order valence-corrected chi connectivity index (χ2v) is 6.09. The molecule has 1 aromatic carbocycles. The Labute approximate surface area is 135 Å². The van der Waals surface area contributed by atoms with Crippen molar-refractivity contribution in [1.29, 1.82) is 0 Å². The van der Waals surface area contributed by atoms with Gasteiger partial charge < -0.3 is 9.84 Å². The number of hydrogen-bond donors (Lipinski definition) is 1. The van der Waals surface area contributed by atoms with Gasteiger partial charge in [0.15, 0.2) is 5.75 Å². The summed E-state index contributed by atoms with van der Waals surface area (Å²) < 4.78 is 6.55. The average Bonchev–Trinajstić information content (AvgIpc) is 3.11. The molecule has 0 bridgehead atoms. The Bertz CT molecular complexity index is 972. The summed E-state index contributed by atoms with van der Waals surface area (Å²) in [6.45, 7) is 0.434. The Balaban J connectivity index is 2.00. The Morgan fingerprint density at radius 2 is 2.00 bits per heavy atom. The van der Waals surface area contributed by atoms with Gasteiger partial charge in [-0.05, 0) is 28.6 Å². The lowest BCUT2D eigenvalue weighted by molar-refractivity contribution is 0.144. The summed E-state index contributed by atoms with van der Waals surface area (Å²) in [6.07, 6.45) is -1.39. The molecule has 1 aliphatic rings. The van der Waals surface area contributed by atoms with E-state index in [1.165, 1.54) is 17.4 Å². The van der Waals surface area contributed by atoms with Gasteiger partial charge in [0.1, 0.15) is 5.69 Å². The summed E-state index contributed by atoms with van der Waals surface area (Å²) in [5, 5.41) is 10.9. The van der Waals surface area contributed by atoms with Crippen LogP contribution in [0.4, 0.5) is 4.79 Å². The molecule has 2 aromatic heterocycles. The highest BCUT2D eigenvalue weighted by Gasteiger charge is 2.27. The predicted octanol–water partition coefficient (Wildman–Crippen LogP) is 3.66. The maximum atomic E-state index is 12.8. The maximum Gasteiger partial charge on any atom is 0.511 e. The lowest BCUT2D eigenvalue weighted by Gasteiger charge is -2.12. The first-order valence-electron chi connectivity index (χ1n) is 6.96. The first kappa shape index (κ1) is 13.8. The Morgan fingerprint density at radius 3 is 2.74 bits per heavy atom. The number of benzene rings is 1. The molecule has 0 amide bonds. The van der Waals surface area contributed by atoms with Gasteiger partial charge in [-0.2, -0.15) is 0 Å². The Morgan fingerprint density at radius 1 is 1.22 bits per heavy atom. The summed E-state index contributed by atoms with van der Waals surface area (Å²) in [6, 6.07) is 12.6. The molecule has 0 radical (unpaired) electrons. The number of thiophene rings is 1. The first-order chi connectivity index (χ1) is 11.1. The number of pyridine rings is 1. The molecule has 0 fully saturated rings. The number of hydrogen-bond acceptors (Lipinski definition) is 4. The number of fused-ring (bicyclic) bond motifs is 3. The van der Waals surface area contributed by atoms with E-state index in [9.17, 15) is 9.59 Å². The highest BCUT2D eigenvalue weighted by molar-refractivity contribution is 7.13. The van der Waals surface area contributed by atoms with Crippen LogP contribution in [-0.4, -0.2) is 15.8 Å². The summed E-state index contributed by atoms with van der Waals surface area (Å²) in [5.41, 5.74) is 2.57. The molecule has 114 valence electrons. The summed E-state index contributed by atoms with van der Waals surface area (Å²) in [4.78, 5) is 24.8. The van der Waals surface area contributed by atoms with Crippen LogP contribution in [0, 0.1) is 0 Å². The third-order valence-corrected chi connectivity index (χ3v) is 4.79. The van der Waals surface area contributed by atoms with Gasteiger partial charge in [-0.1, -0.05) is 30.3 Å². The van der Waals surface area contributed by atoms with Crippen molar-refractivity contribution in [3.8, 4) is 27.4 Å². The number of carbonyl (C=O) groups is 1. The SMILES string of the molecule is O=C(O)Oc1cc(-c2ccccc2)c(=O)n2c1-c1sccc1C2. The van der Waals surface area contributed by atoms with Crippen LogP contribution < -0.4 is 10.3 Å². The van der Waals surface area contributed by atoms with Crippen molar-refractivity contribution in [2.45, 2.75) is 6.54 Å². The van der Waals surface area contributed by atoms with Gasteiger partial charge >= 0.3 is 6.16 Å². The normalized spacial score (nSPS) is 11.8. The molecule has 0 saturated heterocycles. The quantitative estimate of drug-likeness (QED) is 0.571. The van der Waals surface area contributed by atoms with Gasteiger partial charge in [0.25, 0.3) is 5.56 Å². The van der Waals surface area contributed by atoms with Crippen LogP contribution in [0.3, 0.4) is 0 Å². The topological polar surface area (TPSA) is 68.5 Å². The lowest BCUT2D eigenvalue weighted by Crippen LogP contribution is -2.22. The first-order valence-corrected chi connectivity index (χ1v) is 7.84. The van der Waals surface area contributed by atoms with Crippen molar-refractivity contribution in [2.24, 2.45) is 0 Å². The Kier molecular flexibility index (Phi) is 3.06. The van der Waals surface area contributed by atoms with Crippen LogP contribution in [0.2, 0.25) is 0 Å². The number of carboxylic acid groups (broad SMARTS) is 1. The molecule has 0 spiro atoms. The van der Waals surface area contributed by atoms with E-state index in [4.69, 9.17) is 9.84 Å². The van der Waals surface area contributed by atoms with E-state index < -0.39 is 6.16 Å². The van der Waals surface area contributed by atoms with Crippen LogP contribution in [0.1, 0.15) is 5.56 Å². The fourth-order valence-corrected chi connectivity index (χ4v) is 3.84. The summed E-state index contributed by atoms with van der Waals surface area (Å²) in [5.74, 6) is 0.192. The number of rotatable bonds is 2. The third kappa shape index (κ3) is 2.15. The average molecular weight is 325 g/mol. The molecule has 3 heterocycles. The molecule has 4 rings (SSSR count). The number of ether oxygens (including phenoxy) is 1. The van der Waals surface area contributed by atoms with Crippen LogP contribution in [0.5, 0.6) is 5.75 Å². The minimum atomic E-state index is -1.39. The van der Waals surface area contributed by atoms with Gasteiger partial charge in [0.05, 0.1) is 17.0 Å². The molecule has 0 aliphatic carbocycles. The van der Waals surface area contributed by atoms with E-state index in [0.29, 0.717) is 17.8 Å². The van der Waals surface area contributed by atoms with Crippen molar-refractivity contribution >= 4 is 17.5 Å². The van der Waals surface area contributed by atoms with E-state index in [0.717, 1.165) is 16.0 Å². The fraction of sp³-hybridized carbons (Fsp3) is 0.0588. The van der Waals surface area contributed by atoms with Crippen LogP contribution in [0.15, 0.2) is 52.6 Å². The van der Waals surface area contributed by atoms with Crippen molar-refractivity contribution in [3.05, 3.63) is 63.8 Å². The Hall–Kier alpha value is -2.86. The van der Waals surface area contributed by atoms with E-state index in [1.807, 2.05) is 41.8 Å². The molecule has 3 aromatic rings. The number of nitrogens with zero attached hydrogens (tertiary/aromatic N) is 1. The van der Waals surface area contributed by atoms with Crippen molar-refractivity contribution in [1.82, 2.24) is 4.57 Å². The van der Waals surface area contributed by atoms with Gasteiger partial charge in [-0.25, -0.2) is 4.79 Å². The standard InChI is InChI=1S/C17H11NO4S/c19-16-12(10-4-2-1-3-5-10)8-13(22-17(20)21)14-15-11(6-7-23-15)9-18(14)16/h1-8H,9H2,(H,20,21). The smallest absolute Gasteiger partial charge is 0.449 e. The minimum Gasteiger partial charge on any atom is -0.449 e. The predicted molar refractivity (Wildman–Crippen MR) is 87.2 cm³/mol. The minimum absolute atomic E-state index is 0.146. The van der Waals surface area contributed by atoms with Gasteiger partial charge in [-0.3, -0.25) is 9.36 Å². The van der Waals surface area contributed by atoms with E-state index in [1.54, 1.807) is 4.57 Å². The largest absolute Gasteiger partial charge is 0.511 e. The summed E-state index contributed by atoms with van der Waals surface area (Å²) >= 11 is 1.47. The van der Waals surface area contributed by atoms with Gasteiger partial charge in [0, 0.05) is 0 Å². The second-order valence-electron chi connectivity index (χ2n) is 5.17. The lowest BCUT2D eigenvalue weighted by atomic mass is 10.1. The van der Waals surface area contributed by atoms with E-state index >= 15 is 0 Å². The molecule has 6 heteroatoms. The van der Waals surface area contributed by atoms with Crippen LogP contribution in [0.25, 0.3) is 21.7 Å². The summed E-state index contributed by atoms with van der Waals surface area (Å²) in [7, 11) is 0. The molecular weight excluding hydrogens is 314 g/mol.